The largest absolute Gasteiger partial charge is 0.491 e. The number of anilines is 1. The van der Waals surface area contributed by atoms with Crippen LogP contribution >= 0.6 is 0 Å². The summed E-state index contributed by atoms with van der Waals surface area (Å²) in [5.74, 6) is 0.297. The van der Waals surface area contributed by atoms with Gasteiger partial charge in [0, 0.05) is 6.42 Å². The average molecular weight is 244 g/mol. The summed E-state index contributed by atoms with van der Waals surface area (Å²) in [7, 11) is 0. The van der Waals surface area contributed by atoms with E-state index in [1.165, 1.54) is 18.2 Å². The number of ether oxygens (including phenoxy) is 1. The number of alkyl halides is 3. The Kier molecular flexibility index (Phi) is 4.21. The van der Waals surface area contributed by atoms with Crippen molar-refractivity contribution in [2.45, 2.75) is 19.0 Å². The summed E-state index contributed by atoms with van der Waals surface area (Å²) >= 11 is 0. The summed E-state index contributed by atoms with van der Waals surface area (Å²) in [6.45, 7) is -0.0599. The molecule has 0 unspecified atom stereocenters. The van der Waals surface area contributed by atoms with Crippen LogP contribution in [0, 0.1) is 11.3 Å². The first kappa shape index (κ1) is 13.2. The minimum Gasteiger partial charge on any atom is -0.491 e. The van der Waals surface area contributed by atoms with Gasteiger partial charge in [0.05, 0.1) is 23.9 Å². The predicted octanol–water partition coefficient (Wildman–Crippen LogP) is 2.86. The lowest BCUT2D eigenvalue weighted by Crippen LogP contribution is -2.10. The second kappa shape index (κ2) is 5.43. The van der Waals surface area contributed by atoms with Crippen LogP contribution in [-0.2, 0) is 0 Å². The summed E-state index contributed by atoms with van der Waals surface area (Å²) in [5.41, 5.74) is 6.19. The molecule has 2 N–H and O–H groups in total. The third-order valence-electron chi connectivity index (χ3n) is 2.00. The molecule has 0 aromatic heterocycles. The number of nitriles is 1. The molecular formula is C11H11F3N2O. The van der Waals surface area contributed by atoms with Crippen LogP contribution in [-0.4, -0.2) is 12.8 Å². The number of halogens is 3. The summed E-state index contributed by atoms with van der Waals surface area (Å²) in [6, 6.07) is 6.28. The summed E-state index contributed by atoms with van der Waals surface area (Å²) in [4.78, 5) is 0. The molecule has 0 heterocycles. The lowest BCUT2D eigenvalue weighted by molar-refractivity contribution is -0.136. The van der Waals surface area contributed by atoms with Gasteiger partial charge in [-0.15, -0.1) is 0 Å². The first-order valence-electron chi connectivity index (χ1n) is 4.91. The first-order valence-corrected chi connectivity index (χ1v) is 4.91. The SMILES string of the molecule is N#Cc1ccc(OCCCC(F)(F)F)c(N)c1. The fourth-order valence-electron chi connectivity index (χ4n) is 1.20. The zero-order chi connectivity index (χ0) is 12.9. The quantitative estimate of drug-likeness (QED) is 0.654. The zero-order valence-electron chi connectivity index (χ0n) is 8.92. The van der Waals surface area contributed by atoms with Crippen molar-refractivity contribution in [3.05, 3.63) is 23.8 Å². The molecule has 0 fully saturated rings. The fraction of sp³-hybridized carbons (Fsp3) is 0.364. The molecule has 0 aliphatic carbocycles. The molecule has 6 heteroatoms. The van der Waals surface area contributed by atoms with E-state index in [0.29, 0.717) is 11.3 Å². The van der Waals surface area contributed by atoms with Crippen molar-refractivity contribution in [1.82, 2.24) is 0 Å². The van der Waals surface area contributed by atoms with Gasteiger partial charge in [0.25, 0.3) is 0 Å². The van der Waals surface area contributed by atoms with Crippen molar-refractivity contribution in [2.75, 3.05) is 12.3 Å². The van der Waals surface area contributed by atoms with Crippen molar-refractivity contribution < 1.29 is 17.9 Å². The highest BCUT2D eigenvalue weighted by Gasteiger charge is 2.26. The van der Waals surface area contributed by atoms with Gasteiger partial charge in [-0.2, -0.15) is 18.4 Å². The van der Waals surface area contributed by atoms with Gasteiger partial charge >= 0.3 is 6.18 Å². The molecule has 0 spiro atoms. The normalized spacial score (nSPS) is 10.9. The van der Waals surface area contributed by atoms with E-state index in [2.05, 4.69) is 0 Å². The number of nitrogens with two attached hydrogens (primary N) is 1. The molecule has 0 amide bonds. The molecule has 0 bridgehead atoms. The minimum absolute atomic E-state index is 0.0599. The van der Waals surface area contributed by atoms with E-state index >= 15 is 0 Å². The van der Waals surface area contributed by atoms with Crippen LogP contribution in [0.25, 0.3) is 0 Å². The summed E-state index contributed by atoms with van der Waals surface area (Å²) < 4.78 is 40.6. The fourth-order valence-corrected chi connectivity index (χ4v) is 1.20. The van der Waals surface area contributed by atoms with Crippen molar-refractivity contribution >= 4 is 5.69 Å². The second-order valence-electron chi connectivity index (χ2n) is 3.43. The van der Waals surface area contributed by atoms with Crippen molar-refractivity contribution in [1.29, 1.82) is 5.26 Å². The first-order chi connectivity index (χ1) is 7.92. The maximum Gasteiger partial charge on any atom is 0.389 e. The van der Waals surface area contributed by atoms with E-state index in [1.54, 1.807) is 0 Å². The standard InChI is InChI=1S/C11H11F3N2O/c12-11(13,14)4-1-5-17-10-3-2-8(7-15)6-9(10)16/h2-3,6H,1,4-5,16H2. The van der Waals surface area contributed by atoms with Gasteiger partial charge < -0.3 is 10.5 Å². The van der Waals surface area contributed by atoms with Gasteiger partial charge in [0.2, 0.25) is 0 Å². The van der Waals surface area contributed by atoms with Crippen LogP contribution in [0.15, 0.2) is 18.2 Å². The lowest BCUT2D eigenvalue weighted by Gasteiger charge is -2.10. The van der Waals surface area contributed by atoms with Gasteiger partial charge in [-0.05, 0) is 24.6 Å². The molecule has 0 saturated carbocycles. The van der Waals surface area contributed by atoms with Gasteiger partial charge in [-0.25, -0.2) is 0 Å². The van der Waals surface area contributed by atoms with Crippen molar-refractivity contribution in [3.63, 3.8) is 0 Å². The maximum atomic E-state index is 11.8. The van der Waals surface area contributed by atoms with E-state index in [9.17, 15) is 13.2 Å². The van der Waals surface area contributed by atoms with E-state index in [0.717, 1.165) is 0 Å². The molecule has 1 aromatic rings. The molecule has 0 saturated heterocycles. The maximum absolute atomic E-state index is 11.8. The van der Waals surface area contributed by atoms with E-state index < -0.39 is 12.6 Å². The van der Waals surface area contributed by atoms with Gasteiger partial charge in [-0.3, -0.25) is 0 Å². The molecule has 1 aromatic carbocycles. The Balaban J connectivity index is 2.45. The number of nitrogen functional groups attached to an aromatic ring is 1. The number of hydrogen-bond acceptors (Lipinski definition) is 3. The van der Waals surface area contributed by atoms with Gasteiger partial charge in [0.15, 0.2) is 0 Å². The highest BCUT2D eigenvalue weighted by molar-refractivity contribution is 5.56. The van der Waals surface area contributed by atoms with Gasteiger partial charge in [-0.1, -0.05) is 0 Å². The Hall–Kier alpha value is -1.90. The van der Waals surface area contributed by atoms with Crippen LogP contribution in [0.1, 0.15) is 18.4 Å². The Morgan fingerprint density at radius 3 is 2.59 bits per heavy atom. The van der Waals surface area contributed by atoms with Crippen molar-refractivity contribution in [3.8, 4) is 11.8 Å². The number of nitrogens with zero attached hydrogens (tertiary/aromatic N) is 1. The van der Waals surface area contributed by atoms with Crippen LogP contribution in [0.5, 0.6) is 5.75 Å². The molecule has 1 rings (SSSR count). The van der Waals surface area contributed by atoms with Crippen LogP contribution in [0.4, 0.5) is 18.9 Å². The summed E-state index contributed by atoms with van der Waals surface area (Å²) in [5, 5.41) is 8.59. The molecule has 3 nitrogen and oxygen atoms in total. The van der Waals surface area contributed by atoms with Crippen molar-refractivity contribution in [2.24, 2.45) is 0 Å². The molecule has 92 valence electrons. The molecule has 17 heavy (non-hydrogen) atoms. The lowest BCUT2D eigenvalue weighted by atomic mass is 10.2. The Morgan fingerprint density at radius 2 is 2.06 bits per heavy atom. The van der Waals surface area contributed by atoms with Crippen LogP contribution < -0.4 is 10.5 Å². The Labute approximate surface area is 96.6 Å². The highest BCUT2D eigenvalue weighted by Crippen LogP contribution is 2.24. The zero-order valence-corrected chi connectivity index (χ0v) is 8.92. The Morgan fingerprint density at radius 1 is 1.35 bits per heavy atom. The number of benzene rings is 1. The Bertz CT molecular complexity index is 424. The van der Waals surface area contributed by atoms with E-state index in [4.69, 9.17) is 15.7 Å². The average Bonchev–Trinajstić information content (AvgIpc) is 2.24. The third kappa shape index (κ3) is 4.64. The predicted molar refractivity (Wildman–Crippen MR) is 56.4 cm³/mol. The highest BCUT2D eigenvalue weighted by atomic mass is 19.4. The smallest absolute Gasteiger partial charge is 0.389 e. The molecule has 0 atom stereocenters. The third-order valence-corrected chi connectivity index (χ3v) is 2.00. The van der Waals surface area contributed by atoms with Gasteiger partial charge in [0.1, 0.15) is 5.75 Å². The van der Waals surface area contributed by atoms with Crippen LogP contribution in [0.3, 0.4) is 0 Å². The monoisotopic (exact) mass is 244 g/mol. The molecular weight excluding hydrogens is 233 g/mol. The minimum atomic E-state index is -4.17. The van der Waals surface area contributed by atoms with E-state index in [-0.39, 0.29) is 18.7 Å². The van der Waals surface area contributed by atoms with Crippen LogP contribution in [0.2, 0.25) is 0 Å². The van der Waals surface area contributed by atoms with E-state index in [1.807, 2.05) is 6.07 Å². The second-order valence-corrected chi connectivity index (χ2v) is 3.43. The molecule has 0 aliphatic rings. The number of rotatable bonds is 4. The topological polar surface area (TPSA) is 59.0 Å². The molecule has 0 radical (unpaired) electrons. The summed E-state index contributed by atoms with van der Waals surface area (Å²) in [6.07, 6.45) is -5.17. The molecule has 0 aliphatic heterocycles. The number of hydrogen-bond donors (Lipinski definition) is 1.